The van der Waals surface area contributed by atoms with E-state index in [0.29, 0.717) is 17.6 Å². The highest BCUT2D eigenvalue weighted by Gasteiger charge is 2.55. The standard InChI is InChI=1S/C20H24O5/c1-6-9(2)19(22)24-14-8-11(4)15-13(21)7-10(3)16(15)18-17(14)12(5)20(23)25-18/h6-7,12,14,16-18H,8H2,1-5H3/b9-6-/t12-,14-,16-,17+,18+/m0/s1. The van der Waals surface area contributed by atoms with Crippen LogP contribution in [0.25, 0.3) is 0 Å². The number of hydrogen-bond donors (Lipinski definition) is 0. The maximum Gasteiger partial charge on any atom is 0.333 e. The van der Waals surface area contributed by atoms with Gasteiger partial charge >= 0.3 is 11.9 Å². The first-order chi connectivity index (χ1) is 11.8. The Morgan fingerprint density at radius 1 is 1.32 bits per heavy atom. The largest absolute Gasteiger partial charge is 0.461 e. The van der Waals surface area contributed by atoms with Crippen molar-refractivity contribution in [3.05, 3.63) is 34.4 Å². The lowest BCUT2D eigenvalue weighted by Crippen LogP contribution is -2.38. The second-order valence-electron chi connectivity index (χ2n) is 7.31. The number of esters is 2. The molecule has 0 radical (unpaired) electrons. The predicted octanol–water partition coefficient (Wildman–Crippen LogP) is 2.91. The summed E-state index contributed by atoms with van der Waals surface area (Å²) in [6.45, 7) is 9.09. The molecule has 0 aromatic rings. The number of rotatable bonds is 2. The number of allylic oxidation sites excluding steroid dienone is 2. The van der Waals surface area contributed by atoms with Crippen LogP contribution in [0.1, 0.15) is 41.0 Å². The second-order valence-corrected chi connectivity index (χ2v) is 7.31. The fraction of sp³-hybridized carbons (Fsp3) is 0.550. The minimum atomic E-state index is -0.479. The first kappa shape index (κ1) is 17.6. The minimum Gasteiger partial charge on any atom is -0.461 e. The molecular formula is C20H24O5. The van der Waals surface area contributed by atoms with E-state index < -0.39 is 12.2 Å². The molecule has 5 nitrogen and oxygen atoms in total. The molecule has 5 heteroatoms. The van der Waals surface area contributed by atoms with Crippen molar-refractivity contribution in [2.45, 2.75) is 53.2 Å². The quantitative estimate of drug-likeness (QED) is 0.569. The van der Waals surface area contributed by atoms with Crippen LogP contribution in [0.3, 0.4) is 0 Å². The van der Waals surface area contributed by atoms with Gasteiger partial charge in [-0.1, -0.05) is 24.1 Å². The molecule has 0 amide bonds. The van der Waals surface area contributed by atoms with Crippen LogP contribution in [-0.4, -0.2) is 29.9 Å². The maximum atomic E-state index is 12.4. The Bertz CT molecular complexity index is 739. The summed E-state index contributed by atoms with van der Waals surface area (Å²) < 4.78 is 11.4. The van der Waals surface area contributed by atoms with Gasteiger partial charge in [0.1, 0.15) is 12.2 Å². The minimum absolute atomic E-state index is 0.0223. The SMILES string of the molecule is C/C=C(/C)C(=O)O[C@H]1CC(C)=C2C(=O)C=C(C)[C@@H]2[C@H]2OC(=O)[C@@H](C)[C@@H]21. The Morgan fingerprint density at radius 2 is 2.00 bits per heavy atom. The van der Waals surface area contributed by atoms with Gasteiger partial charge in [-0.05, 0) is 33.8 Å². The topological polar surface area (TPSA) is 69.7 Å². The van der Waals surface area contributed by atoms with Gasteiger partial charge in [0.25, 0.3) is 0 Å². The van der Waals surface area contributed by atoms with E-state index in [2.05, 4.69) is 0 Å². The highest BCUT2D eigenvalue weighted by molar-refractivity contribution is 6.09. The molecule has 5 atom stereocenters. The van der Waals surface area contributed by atoms with Crippen molar-refractivity contribution < 1.29 is 23.9 Å². The van der Waals surface area contributed by atoms with E-state index in [4.69, 9.17) is 9.47 Å². The third kappa shape index (κ3) is 2.75. The number of carbonyl (C=O) groups excluding carboxylic acids is 3. The van der Waals surface area contributed by atoms with Crippen molar-refractivity contribution in [3.63, 3.8) is 0 Å². The summed E-state index contributed by atoms with van der Waals surface area (Å²) in [5.41, 5.74) is 3.05. The Morgan fingerprint density at radius 3 is 2.64 bits per heavy atom. The van der Waals surface area contributed by atoms with Crippen LogP contribution in [-0.2, 0) is 23.9 Å². The summed E-state index contributed by atoms with van der Waals surface area (Å²) in [7, 11) is 0. The first-order valence-corrected chi connectivity index (χ1v) is 8.72. The van der Waals surface area contributed by atoms with Crippen molar-refractivity contribution in [2.24, 2.45) is 17.8 Å². The molecule has 0 spiro atoms. The third-order valence-electron chi connectivity index (χ3n) is 5.74. The highest BCUT2D eigenvalue weighted by atomic mass is 16.6. The molecule has 3 rings (SSSR count). The lowest BCUT2D eigenvalue weighted by molar-refractivity contribution is -0.148. The normalized spacial score (nSPS) is 35.0. The van der Waals surface area contributed by atoms with Crippen LogP contribution in [0, 0.1) is 17.8 Å². The molecular weight excluding hydrogens is 320 g/mol. The van der Waals surface area contributed by atoms with E-state index in [0.717, 1.165) is 11.1 Å². The van der Waals surface area contributed by atoms with Crippen molar-refractivity contribution in [1.82, 2.24) is 0 Å². The number of fused-ring (bicyclic) bond motifs is 3. The Balaban J connectivity index is 2.02. The van der Waals surface area contributed by atoms with E-state index in [9.17, 15) is 14.4 Å². The summed E-state index contributed by atoms with van der Waals surface area (Å²) >= 11 is 0. The van der Waals surface area contributed by atoms with E-state index >= 15 is 0 Å². The molecule has 1 heterocycles. The molecule has 0 aromatic carbocycles. The zero-order chi connectivity index (χ0) is 18.5. The van der Waals surface area contributed by atoms with Gasteiger partial charge in [0, 0.05) is 29.4 Å². The van der Waals surface area contributed by atoms with Gasteiger partial charge in [-0.3, -0.25) is 9.59 Å². The summed E-state index contributed by atoms with van der Waals surface area (Å²) in [6.07, 6.45) is 2.85. The van der Waals surface area contributed by atoms with Gasteiger partial charge < -0.3 is 9.47 Å². The average molecular weight is 344 g/mol. The zero-order valence-electron chi connectivity index (χ0n) is 15.3. The molecule has 3 aliphatic rings. The lowest BCUT2D eigenvalue weighted by atomic mass is 9.79. The smallest absolute Gasteiger partial charge is 0.333 e. The fourth-order valence-corrected chi connectivity index (χ4v) is 4.26. The molecule has 1 saturated heterocycles. The molecule has 0 saturated carbocycles. The summed E-state index contributed by atoms with van der Waals surface area (Å²) in [5, 5.41) is 0. The van der Waals surface area contributed by atoms with E-state index in [1.54, 1.807) is 26.0 Å². The van der Waals surface area contributed by atoms with E-state index in [1.165, 1.54) is 0 Å². The van der Waals surface area contributed by atoms with Crippen molar-refractivity contribution in [1.29, 1.82) is 0 Å². The van der Waals surface area contributed by atoms with Gasteiger partial charge in [0.05, 0.1) is 5.92 Å². The van der Waals surface area contributed by atoms with Crippen LogP contribution >= 0.6 is 0 Å². The molecule has 0 unspecified atom stereocenters. The summed E-state index contributed by atoms with van der Waals surface area (Å²) in [4.78, 5) is 37.0. The monoisotopic (exact) mass is 344 g/mol. The maximum absolute atomic E-state index is 12.4. The van der Waals surface area contributed by atoms with E-state index in [1.807, 2.05) is 20.8 Å². The molecule has 1 aliphatic heterocycles. The molecule has 134 valence electrons. The van der Waals surface area contributed by atoms with Crippen LogP contribution < -0.4 is 0 Å². The van der Waals surface area contributed by atoms with Gasteiger partial charge in [-0.2, -0.15) is 0 Å². The Labute approximate surface area is 147 Å². The molecule has 1 fully saturated rings. The van der Waals surface area contributed by atoms with Crippen LogP contribution in [0.2, 0.25) is 0 Å². The summed E-state index contributed by atoms with van der Waals surface area (Å²) in [6, 6.07) is 0. The van der Waals surface area contributed by atoms with Crippen LogP contribution in [0.4, 0.5) is 0 Å². The number of carbonyl (C=O) groups is 3. The fourth-order valence-electron chi connectivity index (χ4n) is 4.26. The van der Waals surface area contributed by atoms with E-state index in [-0.39, 0.29) is 35.5 Å². The molecule has 0 aromatic heterocycles. The molecule has 0 bridgehead atoms. The predicted molar refractivity (Wildman–Crippen MR) is 91.4 cm³/mol. The van der Waals surface area contributed by atoms with Crippen LogP contribution in [0.15, 0.2) is 34.4 Å². The van der Waals surface area contributed by atoms with Crippen molar-refractivity contribution in [3.8, 4) is 0 Å². The number of hydrogen-bond acceptors (Lipinski definition) is 5. The van der Waals surface area contributed by atoms with Gasteiger partial charge in [0.2, 0.25) is 0 Å². The summed E-state index contributed by atoms with van der Waals surface area (Å²) in [5.74, 6) is -1.55. The molecule has 2 aliphatic carbocycles. The van der Waals surface area contributed by atoms with Gasteiger partial charge in [-0.15, -0.1) is 0 Å². The Kier molecular flexibility index (Phi) is 4.43. The second kappa shape index (κ2) is 6.28. The van der Waals surface area contributed by atoms with Gasteiger partial charge in [0.15, 0.2) is 5.78 Å². The van der Waals surface area contributed by atoms with Crippen LogP contribution in [0.5, 0.6) is 0 Å². The Hall–Kier alpha value is -2.17. The van der Waals surface area contributed by atoms with Crippen molar-refractivity contribution >= 4 is 17.7 Å². The molecule has 0 N–H and O–H groups in total. The molecule has 25 heavy (non-hydrogen) atoms. The average Bonchev–Trinajstić information content (AvgIpc) is 2.96. The third-order valence-corrected chi connectivity index (χ3v) is 5.74. The lowest BCUT2D eigenvalue weighted by Gasteiger charge is -2.29. The first-order valence-electron chi connectivity index (χ1n) is 8.72. The number of ketones is 1. The highest BCUT2D eigenvalue weighted by Crippen LogP contribution is 2.48. The number of ether oxygens (including phenoxy) is 2. The van der Waals surface area contributed by atoms with Gasteiger partial charge in [-0.25, -0.2) is 4.79 Å². The zero-order valence-corrected chi connectivity index (χ0v) is 15.3. The van der Waals surface area contributed by atoms with Crippen molar-refractivity contribution in [2.75, 3.05) is 0 Å².